The molecule has 2 heterocycles. The van der Waals surface area contributed by atoms with Gasteiger partial charge in [-0.25, -0.2) is 9.99 Å². The van der Waals surface area contributed by atoms with Gasteiger partial charge in [-0.2, -0.15) is 0 Å². The molecule has 31 heavy (non-hydrogen) atoms. The van der Waals surface area contributed by atoms with Gasteiger partial charge in [0.05, 0.1) is 22.8 Å². The standard InChI is InChI=1S/C19H13Cl2N5O4S/c20-11-3-1-5-13(7-11)24-10-15(17(27)23-19-22-9-16(31-19)26(29)30)18(28)25(24)14-6-2-4-12(21)8-14/h1-9,15H,10H2,(H,22,23,27). The Labute approximate surface area is 189 Å². The Kier molecular flexibility index (Phi) is 5.77. The third-order valence-corrected chi connectivity index (χ3v) is 5.82. The molecule has 0 saturated carbocycles. The molecule has 1 aromatic heterocycles. The summed E-state index contributed by atoms with van der Waals surface area (Å²) in [5.41, 5.74) is 1.10. The van der Waals surface area contributed by atoms with Gasteiger partial charge in [-0.15, -0.1) is 0 Å². The van der Waals surface area contributed by atoms with Crippen molar-refractivity contribution in [3.05, 3.63) is 74.9 Å². The zero-order valence-electron chi connectivity index (χ0n) is 15.6. The Balaban J connectivity index is 1.65. The van der Waals surface area contributed by atoms with Crippen LogP contribution in [0.4, 0.5) is 21.5 Å². The van der Waals surface area contributed by atoms with Crippen molar-refractivity contribution in [1.82, 2.24) is 4.98 Å². The lowest BCUT2D eigenvalue weighted by Gasteiger charge is -2.29. The molecule has 1 saturated heterocycles. The van der Waals surface area contributed by atoms with Crippen LogP contribution in [-0.4, -0.2) is 28.3 Å². The molecule has 12 heteroatoms. The lowest BCUT2D eigenvalue weighted by Crippen LogP contribution is -2.39. The maximum atomic E-state index is 13.3. The summed E-state index contributed by atoms with van der Waals surface area (Å²) < 4.78 is 0. The van der Waals surface area contributed by atoms with Crippen LogP contribution >= 0.6 is 34.5 Å². The summed E-state index contributed by atoms with van der Waals surface area (Å²) >= 11 is 12.9. The minimum Gasteiger partial charge on any atom is -0.301 e. The second-order valence-corrected chi connectivity index (χ2v) is 8.38. The quantitative estimate of drug-likeness (QED) is 0.331. The average Bonchev–Trinajstić information content (AvgIpc) is 3.32. The zero-order valence-corrected chi connectivity index (χ0v) is 17.9. The van der Waals surface area contributed by atoms with Crippen LogP contribution in [0, 0.1) is 16.0 Å². The SMILES string of the molecule is O=C(Nc1ncc([N+](=O)[O-])s1)C1CN(c2cccc(Cl)c2)N(c2cccc(Cl)c2)C1=O. The maximum Gasteiger partial charge on any atom is 0.345 e. The molecule has 0 aliphatic carbocycles. The molecule has 3 aromatic rings. The summed E-state index contributed by atoms with van der Waals surface area (Å²) in [5.74, 6) is -2.18. The van der Waals surface area contributed by atoms with Crippen molar-refractivity contribution in [2.75, 3.05) is 21.9 Å². The predicted molar refractivity (Wildman–Crippen MR) is 119 cm³/mol. The number of nitrogens with one attached hydrogen (secondary N) is 1. The van der Waals surface area contributed by atoms with Crippen LogP contribution in [0.5, 0.6) is 0 Å². The summed E-state index contributed by atoms with van der Waals surface area (Å²) in [6.07, 6.45) is 1.05. The Morgan fingerprint density at radius 1 is 1.16 bits per heavy atom. The summed E-state index contributed by atoms with van der Waals surface area (Å²) in [6.45, 7) is 0.0327. The molecule has 158 valence electrons. The lowest BCUT2D eigenvalue weighted by molar-refractivity contribution is -0.380. The van der Waals surface area contributed by atoms with Gasteiger partial charge in [0.1, 0.15) is 12.1 Å². The number of hydrazine groups is 1. The molecule has 0 spiro atoms. The monoisotopic (exact) mass is 477 g/mol. The van der Waals surface area contributed by atoms with Crippen molar-refractivity contribution in [3.8, 4) is 0 Å². The number of aromatic nitrogens is 1. The van der Waals surface area contributed by atoms with Crippen molar-refractivity contribution in [3.63, 3.8) is 0 Å². The number of thiazole rings is 1. The van der Waals surface area contributed by atoms with E-state index in [-0.39, 0.29) is 16.7 Å². The number of carbonyl (C=O) groups excluding carboxylic acids is 2. The molecule has 4 rings (SSSR count). The van der Waals surface area contributed by atoms with Crippen LogP contribution in [0.1, 0.15) is 0 Å². The molecule has 0 radical (unpaired) electrons. The van der Waals surface area contributed by atoms with E-state index in [0.29, 0.717) is 32.8 Å². The molecule has 1 aliphatic heterocycles. The number of hydrogen-bond donors (Lipinski definition) is 1. The third kappa shape index (κ3) is 4.31. The van der Waals surface area contributed by atoms with Crippen molar-refractivity contribution in [1.29, 1.82) is 0 Å². The van der Waals surface area contributed by atoms with Crippen LogP contribution in [0.2, 0.25) is 10.0 Å². The van der Waals surface area contributed by atoms with E-state index >= 15 is 0 Å². The normalized spacial score (nSPS) is 15.9. The molecule has 9 nitrogen and oxygen atoms in total. The number of halogens is 2. The number of nitro groups is 1. The molecular formula is C19H13Cl2N5O4S. The summed E-state index contributed by atoms with van der Waals surface area (Å²) in [5, 5.41) is 17.1. The maximum absolute atomic E-state index is 13.3. The second-order valence-electron chi connectivity index (χ2n) is 6.49. The van der Waals surface area contributed by atoms with E-state index in [4.69, 9.17) is 23.2 Å². The molecule has 1 unspecified atom stereocenters. The fourth-order valence-corrected chi connectivity index (χ4v) is 4.13. The highest BCUT2D eigenvalue weighted by atomic mass is 35.5. The first-order chi connectivity index (χ1) is 14.8. The van der Waals surface area contributed by atoms with Gasteiger partial charge < -0.3 is 5.32 Å². The van der Waals surface area contributed by atoms with Gasteiger partial charge >= 0.3 is 5.00 Å². The Hall–Kier alpha value is -3.21. The van der Waals surface area contributed by atoms with Gasteiger partial charge in [-0.1, -0.05) is 35.3 Å². The number of benzene rings is 2. The zero-order chi connectivity index (χ0) is 22.1. The van der Waals surface area contributed by atoms with E-state index in [1.165, 1.54) is 5.01 Å². The Bertz CT molecular complexity index is 1190. The minimum absolute atomic E-state index is 0.0327. The van der Waals surface area contributed by atoms with Crippen molar-refractivity contribution in [2.45, 2.75) is 0 Å². The number of anilines is 3. The van der Waals surface area contributed by atoms with Crippen LogP contribution in [-0.2, 0) is 9.59 Å². The van der Waals surface area contributed by atoms with E-state index < -0.39 is 22.7 Å². The molecule has 1 atom stereocenters. The van der Waals surface area contributed by atoms with Gasteiger partial charge in [-0.05, 0) is 47.7 Å². The van der Waals surface area contributed by atoms with Gasteiger partial charge in [0.2, 0.25) is 5.91 Å². The highest BCUT2D eigenvalue weighted by Gasteiger charge is 2.44. The van der Waals surface area contributed by atoms with Crippen LogP contribution < -0.4 is 15.3 Å². The first kappa shape index (κ1) is 21.0. The van der Waals surface area contributed by atoms with E-state index in [9.17, 15) is 19.7 Å². The molecule has 1 fully saturated rings. The van der Waals surface area contributed by atoms with Gasteiger partial charge in [0, 0.05) is 10.0 Å². The van der Waals surface area contributed by atoms with Gasteiger partial charge in [-0.3, -0.25) is 24.7 Å². The highest BCUT2D eigenvalue weighted by Crippen LogP contribution is 2.34. The minimum atomic E-state index is -1.08. The number of nitrogens with zero attached hydrogens (tertiary/aromatic N) is 4. The summed E-state index contributed by atoms with van der Waals surface area (Å²) in [7, 11) is 0. The van der Waals surface area contributed by atoms with Crippen molar-refractivity contribution >= 4 is 67.9 Å². The molecule has 0 bridgehead atoms. The van der Waals surface area contributed by atoms with Gasteiger partial charge in [0.15, 0.2) is 5.13 Å². The van der Waals surface area contributed by atoms with E-state index in [0.717, 1.165) is 6.20 Å². The number of hydrogen-bond acceptors (Lipinski definition) is 7. The van der Waals surface area contributed by atoms with Crippen LogP contribution in [0.3, 0.4) is 0 Å². The summed E-state index contributed by atoms with van der Waals surface area (Å²) in [6, 6.07) is 13.6. The number of carbonyl (C=O) groups is 2. The highest BCUT2D eigenvalue weighted by molar-refractivity contribution is 7.18. The summed E-state index contributed by atoms with van der Waals surface area (Å²) in [4.78, 5) is 40.2. The second kappa shape index (κ2) is 8.50. The van der Waals surface area contributed by atoms with E-state index in [1.54, 1.807) is 53.5 Å². The van der Waals surface area contributed by atoms with Crippen LogP contribution in [0.15, 0.2) is 54.7 Å². The van der Waals surface area contributed by atoms with Crippen molar-refractivity contribution in [2.24, 2.45) is 5.92 Å². The Morgan fingerprint density at radius 3 is 2.42 bits per heavy atom. The average molecular weight is 478 g/mol. The lowest BCUT2D eigenvalue weighted by atomic mass is 10.1. The van der Waals surface area contributed by atoms with Crippen molar-refractivity contribution < 1.29 is 14.5 Å². The topological polar surface area (TPSA) is 109 Å². The Morgan fingerprint density at radius 2 is 1.81 bits per heavy atom. The number of amides is 2. The molecule has 2 amide bonds. The fraction of sp³-hybridized carbons (Fsp3) is 0.105. The largest absolute Gasteiger partial charge is 0.345 e. The smallest absolute Gasteiger partial charge is 0.301 e. The molecule has 1 aliphatic rings. The molecular weight excluding hydrogens is 465 g/mol. The fourth-order valence-electron chi connectivity index (χ4n) is 3.13. The van der Waals surface area contributed by atoms with E-state index in [1.807, 2.05) is 0 Å². The third-order valence-electron chi connectivity index (χ3n) is 4.48. The van der Waals surface area contributed by atoms with E-state index in [2.05, 4.69) is 10.3 Å². The van der Waals surface area contributed by atoms with Gasteiger partial charge in [0.25, 0.3) is 5.91 Å². The first-order valence-electron chi connectivity index (χ1n) is 8.87. The predicted octanol–water partition coefficient (Wildman–Crippen LogP) is 4.38. The van der Waals surface area contributed by atoms with Crippen LogP contribution in [0.25, 0.3) is 0 Å². The molecule has 1 N–H and O–H groups in total. The molecule has 2 aromatic carbocycles. The first-order valence-corrected chi connectivity index (χ1v) is 10.4. The number of rotatable bonds is 5.